The van der Waals surface area contributed by atoms with E-state index in [9.17, 15) is 4.79 Å². The van der Waals surface area contributed by atoms with Gasteiger partial charge in [0.05, 0.1) is 37.9 Å². The maximum Gasteiger partial charge on any atom is 0.255 e. The summed E-state index contributed by atoms with van der Waals surface area (Å²) in [5.41, 5.74) is 5.91. The van der Waals surface area contributed by atoms with Gasteiger partial charge < -0.3 is 25.3 Å². The van der Waals surface area contributed by atoms with E-state index in [1.54, 1.807) is 12.1 Å². The quantitative estimate of drug-likeness (QED) is 0.743. The third-order valence-corrected chi connectivity index (χ3v) is 3.29. The maximum absolute atomic E-state index is 12.4. The van der Waals surface area contributed by atoms with Gasteiger partial charge in [0.2, 0.25) is 0 Å². The summed E-state index contributed by atoms with van der Waals surface area (Å²) < 4.78 is 15.6. The van der Waals surface area contributed by atoms with Crippen LogP contribution in [0.25, 0.3) is 0 Å². The molecule has 1 aromatic carbocycles. The molecule has 0 spiro atoms. The molecule has 0 aliphatic heterocycles. The zero-order valence-electron chi connectivity index (χ0n) is 12.6. The van der Waals surface area contributed by atoms with Gasteiger partial charge in [-0.05, 0) is 6.42 Å². The molecule has 0 radical (unpaired) electrons. The van der Waals surface area contributed by atoms with Crippen LogP contribution in [0.4, 0.5) is 0 Å². The number of benzene rings is 1. The molecule has 0 aromatic heterocycles. The summed E-state index contributed by atoms with van der Waals surface area (Å²) in [5.74, 6) is 0.953. The Kier molecular flexibility index (Phi) is 6.23. The number of amides is 1. The number of nitrogens with two attached hydrogens (primary N) is 1. The van der Waals surface area contributed by atoms with Crippen LogP contribution in [0.5, 0.6) is 17.2 Å². The molecule has 21 heavy (non-hydrogen) atoms. The molecule has 0 heterocycles. The van der Waals surface area contributed by atoms with Crippen molar-refractivity contribution < 1.29 is 19.0 Å². The van der Waals surface area contributed by atoms with Crippen LogP contribution in [0.15, 0.2) is 12.1 Å². The fourth-order valence-corrected chi connectivity index (χ4v) is 2.04. The average molecular weight is 312 g/mol. The van der Waals surface area contributed by atoms with Gasteiger partial charge in [0.15, 0.2) is 11.5 Å². The van der Waals surface area contributed by atoms with Gasteiger partial charge >= 0.3 is 0 Å². The summed E-state index contributed by atoms with van der Waals surface area (Å²) in [6.45, 7) is 1.88. The van der Waals surface area contributed by atoms with Gasteiger partial charge in [-0.1, -0.05) is 19.1 Å². The number of methoxy groups -OCH3 is 3. The minimum Gasteiger partial charge on any atom is -0.496 e. The van der Waals surface area contributed by atoms with Gasteiger partial charge in [0.1, 0.15) is 5.75 Å². The number of carbonyl (C=O) groups is 1. The van der Waals surface area contributed by atoms with Crippen molar-refractivity contribution in [1.82, 2.24) is 5.32 Å². The first kappa shape index (κ1) is 17.0. The minimum atomic E-state index is -0.370. The lowest BCUT2D eigenvalue weighted by Gasteiger charge is -2.18. The lowest BCUT2D eigenvalue weighted by molar-refractivity contribution is 0.0943. The Morgan fingerprint density at radius 1 is 1.19 bits per heavy atom. The molecular formula is C14H20N2O4S. The predicted octanol–water partition coefficient (Wildman–Crippen LogP) is 1.51. The van der Waals surface area contributed by atoms with Crippen LogP contribution in [-0.4, -0.2) is 38.3 Å². The van der Waals surface area contributed by atoms with E-state index < -0.39 is 0 Å². The molecule has 1 atom stereocenters. The Morgan fingerprint density at radius 3 is 2.14 bits per heavy atom. The van der Waals surface area contributed by atoms with E-state index in [0.29, 0.717) is 29.2 Å². The highest BCUT2D eigenvalue weighted by Crippen LogP contribution is 2.34. The molecule has 1 amide bonds. The highest BCUT2D eigenvalue weighted by atomic mass is 32.1. The Morgan fingerprint density at radius 2 is 1.71 bits per heavy atom. The van der Waals surface area contributed by atoms with Crippen molar-refractivity contribution >= 4 is 23.1 Å². The SMILES string of the molecule is CCC(NC(=O)c1cc(OC)c(OC)cc1OC)C(N)=S. The topological polar surface area (TPSA) is 82.8 Å². The van der Waals surface area contributed by atoms with Gasteiger partial charge in [0, 0.05) is 12.1 Å². The molecular weight excluding hydrogens is 292 g/mol. The van der Waals surface area contributed by atoms with Crippen LogP contribution in [0.3, 0.4) is 0 Å². The monoisotopic (exact) mass is 312 g/mol. The van der Waals surface area contributed by atoms with Crippen LogP contribution in [0, 0.1) is 0 Å². The van der Waals surface area contributed by atoms with Crippen LogP contribution >= 0.6 is 12.2 Å². The first-order chi connectivity index (χ1) is 9.98. The number of carbonyl (C=O) groups excluding carboxylic acids is 1. The first-order valence-electron chi connectivity index (χ1n) is 6.38. The van der Waals surface area contributed by atoms with Crippen molar-refractivity contribution in [1.29, 1.82) is 0 Å². The zero-order chi connectivity index (χ0) is 16.0. The molecule has 0 fully saturated rings. The van der Waals surface area contributed by atoms with Crippen LogP contribution in [-0.2, 0) is 0 Å². The van der Waals surface area contributed by atoms with E-state index in [4.69, 9.17) is 32.2 Å². The first-order valence-corrected chi connectivity index (χ1v) is 6.79. The van der Waals surface area contributed by atoms with Crippen LogP contribution in [0.2, 0.25) is 0 Å². The molecule has 0 saturated carbocycles. The molecule has 3 N–H and O–H groups in total. The minimum absolute atomic E-state index is 0.241. The Hall–Kier alpha value is -2.02. The number of rotatable bonds is 7. The molecule has 116 valence electrons. The van der Waals surface area contributed by atoms with Crippen LogP contribution < -0.4 is 25.3 Å². The predicted molar refractivity (Wildman–Crippen MR) is 84.4 cm³/mol. The second kappa shape index (κ2) is 7.68. The maximum atomic E-state index is 12.4. The number of thiocarbonyl (C=S) groups is 1. The largest absolute Gasteiger partial charge is 0.496 e. The summed E-state index contributed by atoms with van der Waals surface area (Å²) >= 11 is 4.92. The van der Waals surface area contributed by atoms with Crippen molar-refractivity contribution in [2.75, 3.05) is 21.3 Å². The summed E-state index contributed by atoms with van der Waals surface area (Å²) in [6, 6.07) is 2.78. The van der Waals surface area contributed by atoms with Gasteiger partial charge in [0.25, 0.3) is 5.91 Å². The summed E-state index contributed by atoms with van der Waals surface area (Å²) in [4.78, 5) is 12.6. The second-order valence-corrected chi connectivity index (χ2v) is 4.72. The fraction of sp³-hybridized carbons (Fsp3) is 0.429. The average Bonchev–Trinajstić information content (AvgIpc) is 2.50. The van der Waals surface area contributed by atoms with Gasteiger partial charge in [-0.2, -0.15) is 0 Å². The molecule has 7 heteroatoms. The normalized spacial score (nSPS) is 11.4. The zero-order valence-corrected chi connectivity index (χ0v) is 13.4. The highest BCUT2D eigenvalue weighted by Gasteiger charge is 2.20. The highest BCUT2D eigenvalue weighted by molar-refractivity contribution is 7.80. The molecule has 1 rings (SSSR count). The fourth-order valence-electron chi connectivity index (χ4n) is 1.82. The molecule has 0 bridgehead atoms. The lowest BCUT2D eigenvalue weighted by Crippen LogP contribution is -2.43. The number of hydrogen-bond acceptors (Lipinski definition) is 5. The third kappa shape index (κ3) is 3.98. The Labute approximate surface area is 129 Å². The van der Waals surface area contributed by atoms with Gasteiger partial charge in [-0.15, -0.1) is 0 Å². The second-order valence-electron chi connectivity index (χ2n) is 4.24. The van der Waals surface area contributed by atoms with Crippen molar-refractivity contribution in [3.8, 4) is 17.2 Å². The third-order valence-electron chi connectivity index (χ3n) is 3.01. The van der Waals surface area contributed by atoms with Crippen molar-refractivity contribution in [3.05, 3.63) is 17.7 Å². The summed E-state index contributed by atoms with van der Waals surface area (Å²) in [6.07, 6.45) is 0.608. The number of hydrogen-bond donors (Lipinski definition) is 2. The summed E-state index contributed by atoms with van der Waals surface area (Å²) in [7, 11) is 4.48. The number of ether oxygens (including phenoxy) is 3. The van der Waals surface area contributed by atoms with Gasteiger partial charge in [-0.25, -0.2) is 0 Å². The lowest BCUT2D eigenvalue weighted by atomic mass is 10.1. The van der Waals surface area contributed by atoms with Gasteiger partial charge in [-0.3, -0.25) is 4.79 Å². The van der Waals surface area contributed by atoms with E-state index in [1.165, 1.54) is 21.3 Å². The molecule has 0 aliphatic rings. The Bertz CT molecular complexity index is 534. The molecule has 6 nitrogen and oxygen atoms in total. The smallest absolute Gasteiger partial charge is 0.255 e. The van der Waals surface area contributed by atoms with E-state index >= 15 is 0 Å². The van der Waals surface area contributed by atoms with Crippen molar-refractivity contribution in [2.24, 2.45) is 5.73 Å². The number of nitrogens with one attached hydrogen (secondary N) is 1. The molecule has 1 unspecified atom stereocenters. The molecule has 0 aliphatic carbocycles. The van der Waals surface area contributed by atoms with E-state index in [0.717, 1.165) is 0 Å². The van der Waals surface area contributed by atoms with E-state index in [2.05, 4.69) is 5.32 Å². The van der Waals surface area contributed by atoms with E-state index in [-0.39, 0.29) is 16.9 Å². The molecule has 1 aromatic rings. The summed E-state index contributed by atoms with van der Waals surface area (Å²) in [5, 5.41) is 2.76. The van der Waals surface area contributed by atoms with E-state index in [1.807, 2.05) is 6.92 Å². The van der Waals surface area contributed by atoms with Crippen molar-refractivity contribution in [3.63, 3.8) is 0 Å². The molecule has 0 saturated heterocycles. The Balaban J connectivity index is 3.16. The van der Waals surface area contributed by atoms with Crippen LogP contribution in [0.1, 0.15) is 23.7 Å². The van der Waals surface area contributed by atoms with Crippen molar-refractivity contribution in [2.45, 2.75) is 19.4 Å². The standard InChI is InChI=1S/C14H20N2O4S/c1-5-9(13(15)21)16-14(17)8-6-11(19-3)12(20-4)7-10(8)18-2/h6-7,9H,5H2,1-4H3,(H2,15,21)(H,16,17).